The zero-order chi connectivity index (χ0) is 22.1. The molecule has 2 aliphatic rings. The maximum Gasteiger partial charge on any atom is 0.414 e. The number of nitrogens with one attached hydrogen (secondary N) is 1. The number of carbonyl (C=O) groups is 2. The van der Waals surface area contributed by atoms with Crippen molar-refractivity contribution < 1.29 is 23.1 Å². The van der Waals surface area contributed by atoms with Gasteiger partial charge in [-0.2, -0.15) is 0 Å². The third-order valence-corrected chi connectivity index (χ3v) is 10.7. The normalized spacial score (nSPS) is 20.8. The van der Waals surface area contributed by atoms with Crippen molar-refractivity contribution in [2.75, 3.05) is 42.6 Å². The fourth-order valence-electron chi connectivity index (χ4n) is 3.27. The molecule has 7 nitrogen and oxygen atoms in total. The molecule has 1 aromatic rings. The third-order valence-electron chi connectivity index (χ3n) is 6.21. The number of ether oxygens (including phenoxy) is 1. The zero-order valence-electron chi connectivity index (χ0n) is 18.5. The molecule has 2 fully saturated rings. The van der Waals surface area contributed by atoms with Crippen LogP contribution >= 0.6 is 0 Å². The van der Waals surface area contributed by atoms with Gasteiger partial charge in [0.1, 0.15) is 11.9 Å². The fourth-order valence-corrected chi connectivity index (χ4v) is 4.30. The number of anilines is 2. The standard InChI is InChI=1S/C21H32FN3O4Si/c1-21(2,3)30(4,5)28-14-16-13-25(20(27)29-16)15-6-7-18(17(22)12-15)24-10-8-19(26)23-9-11-24/h6-7,12,16H,8-11,13-14H2,1-5H3,(H,23,26). The van der Waals surface area contributed by atoms with E-state index in [9.17, 15) is 14.0 Å². The van der Waals surface area contributed by atoms with Crippen molar-refractivity contribution in [2.24, 2.45) is 0 Å². The summed E-state index contributed by atoms with van der Waals surface area (Å²) < 4.78 is 26.5. The van der Waals surface area contributed by atoms with Gasteiger partial charge in [0.25, 0.3) is 0 Å². The van der Waals surface area contributed by atoms with E-state index in [0.29, 0.717) is 50.6 Å². The second-order valence-corrected chi connectivity index (χ2v) is 14.2. The van der Waals surface area contributed by atoms with Gasteiger partial charge in [-0.1, -0.05) is 20.8 Å². The van der Waals surface area contributed by atoms with Crippen molar-refractivity contribution in [1.82, 2.24) is 5.32 Å². The Kier molecular flexibility index (Phi) is 6.42. The molecule has 2 aliphatic heterocycles. The number of halogens is 1. The molecule has 2 saturated heterocycles. The van der Waals surface area contributed by atoms with Crippen LogP contribution in [0.15, 0.2) is 18.2 Å². The minimum Gasteiger partial charge on any atom is -0.442 e. The molecule has 0 aliphatic carbocycles. The molecule has 0 aromatic heterocycles. The van der Waals surface area contributed by atoms with Crippen LogP contribution in [0.25, 0.3) is 0 Å². The van der Waals surface area contributed by atoms with E-state index in [1.54, 1.807) is 12.1 Å². The predicted octanol–water partition coefficient (Wildman–Crippen LogP) is 3.50. The van der Waals surface area contributed by atoms with Crippen LogP contribution in [0.1, 0.15) is 27.2 Å². The monoisotopic (exact) mass is 437 g/mol. The minimum atomic E-state index is -1.94. The van der Waals surface area contributed by atoms with Gasteiger partial charge in [0.2, 0.25) is 5.91 Å². The summed E-state index contributed by atoms with van der Waals surface area (Å²) in [5, 5.41) is 2.85. The Morgan fingerprint density at radius 2 is 2.00 bits per heavy atom. The molecule has 9 heteroatoms. The Balaban J connectivity index is 1.65. The third kappa shape index (κ3) is 4.95. The van der Waals surface area contributed by atoms with E-state index in [1.165, 1.54) is 11.0 Å². The van der Waals surface area contributed by atoms with Crippen LogP contribution in [0.2, 0.25) is 18.1 Å². The zero-order valence-corrected chi connectivity index (χ0v) is 19.5. The molecular weight excluding hydrogens is 405 g/mol. The molecule has 0 saturated carbocycles. The van der Waals surface area contributed by atoms with Crippen LogP contribution < -0.4 is 15.1 Å². The fraction of sp³-hybridized carbons (Fsp3) is 0.619. The number of benzene rings is 1. The molecule has 1 aromatic carbocycles. The van der Waals surface area contributed by atoms with Crippen molar-refractivity contribution in [3.8, 4) is 0 Å². The Morgan fingerprint density at radius 3 is 2.67 bits per heavy atom. The van der Waals surface area contributed by atoms with Crippen LogP contribution in [-0.2, 0) is 14.0 Å². The van der Waals surface area contributed by atoms with Gasteiger partial charge in [-0.3, -0.25) is 9.69 Å². The van der Waals surface area contributed by atoms with E-state index in [4.69, 9.17) is 9.16 Å². The van der Waals surface area contributed by atoms with Gasteiger partial charge < -0.3 is 19.4 Å². The molecule has 3 rings (SSSR count). The SMILES string of the molecule is CC(C)(C)[Si](C)(C)OCC1CN(c2ccc(N3CCNC(=O)CC3)c(F)c2)C(=O)O1. The summed E-state index contributed by atoms with van der Waals surface area (Å²) in [6.45, 7) is 12.9. The first-order chi connectivity index (χ1) is 14.0. The number of hydrogen-bond donors (Lipinski definition) is 1. The summed E-state index contributed by atoms with van der Waals surface area (Å²) >= 11 is 0. The highest BCUT2D eigenvalue weighted by atomic mass is 28.4. The number of nitrogens with zero attached hydrogens (tertiary/aromatic N) is 2. The first-order valence-corrected chi connectivity index (χ1v) is 13.3. The average molecular weight is 438 g/mol. The van der Waals surface area contributed by atoms with Gasteiger partial charge in [-0.15, -0.1) is 0 Å². The first kappa shape index (κ1) is 22.5. The highest BCUT2D eigenvalue weighted by molar-refractivity contribution is 6.74. The molecule has 166 valence electrons. The van der Waals surface area contributed by atoms with Gasteiger partial charge in [0, 0.05) is 26.1 Å². The van der Waals surface area contributed by atoms with Crippen molar-refractivity contribution >= 4 is 31.7 Å². The lowest BCUT2D eigenvalue weighted by Gasteiger charge is -2.36. The van der Waals surface area contributed by atoms with Gasteiger partial charge in [0.05, 0.1) is 24.5 Å². The summed E-state index contributed by atoms with van der Waals surface area (Å²) in [5.74, 6) is -0.448. The number of hydrogen-bond acceptors (Lipinski definition) is 5. The number of cyclic esters (lactones) is 1. The Morgan fingerprint density at radius 1 is 1.27 bits per heavy atom. The van der Waals surface area contributed by atoms with Gasteiger partial charge in [0.15, 0.2) is 8.32 Å². The lowest BCUT2D eigenvalue weighted by atomic mass is 10.2. The van der Waals surface area contributed by atoms with E-state index in [-0.39, 0.29) is 17.0 Å². The molecule has 1 N–H and O–H groups in total. The van der Waals surface area contributed by atoms with Crippen molar-refractivity contribution in [1.29, 1.82) is 0 Å². The molecule has 1 unspecified atom stereocenters. The predicted molar refractivity (Wildman–Crippen MR) is 117 cm³/mol. The summed E-state index contributed by atoms with van der Waals surface area (Å²) in [5.41, 5.74) is 0.890. The molecule has 2 amide bonds. The minimum absolute atomic E-state index is 0.0275. The molecular formula is C21H32FN3O4Si. The maximum atomic E-state index is 14.8. The molecule has 0 bridgehead atoms. The Labute approximate surface area is 178 Å². The van der Waals surface area contributed by atoms with Gasteiger partial charge >= 0.3 is 6.09 Å². The largest absolute Gasteiger partial charge is 0.442 e. The summed E-state index contributed by atoms with van der Waals surface area (Å²) in [6.07, 6.45) is -0.539. The second-order valence-electron chi connectivity index (χ2n) is 9.41. The maximum absolute atomic E-state index is 14.8. The lowest BCUT2D eigenvalue weighted by molar-refractivity contribution is -0.120. The average Bonchev–Trinajstić information content (AvgIpc) is 2.89. The smallest absolute Gasteiger partial charge is 0.414 e. The number of rotatable bonds is 5. The van der Waals surface area contributed by atoms with Crippen LogP contribution in [0.3, 0.4) is 0 Å². The van der Waals surface area contributed by atoms with Crippen molar-refractivity contribution in [2.45, 2.75) is 51.4 Å². The topological polar surface area (TPSA) is 71.1 Å². The summed E-state index contributed by atoms with van der Waals surface area (Å²) in [4.78, 5) is 27.2. The quantitative estimate of drug-likeness (QED) is 0.714. The molecule has 1 atom stereocenters. The van der Waals surface area contributed by atoms with Crippen LogP contribution in [0.4, 0.5) is 20.6 Å². The molecule has 30 heavy (non-hydrogen) atoms. The highest BCUT2D eigenvalue weighted by Gasteiger charge is 2.40. The van der Waals surface area contributed by atoms with E-state index in [2.05, 4.69) is 39.2 Å². The van der Waals surface area contributed by atoms with E-state index in [0.717, 1.165) is 0 Å². The van der Waals surface area contributed by atoms with Crippen LogP contribution in [-0.4, -0.2) is 59.2 Å². The molecule has 0 spiro atoms. The van der Waals surface area contributed by atoms with E-state index >= 15 is 0 Å². The lowest BCUT2D eigenvalue weighted by Crippen LogP contribution is -2.43. The van der Waals surface area contributed by atoms with Crippen LogP contribution in [0, 0.1) is 5.82 Å². The summed E-state index contributed by atoms with van der Waals surface area (Å²) in [7, 11) is -1.94. The van der Waals surface area contributed by atoms with E-state index < -0.39 is 20.2 Å². The van der Waals surface area contributed by atoms with Crippen LogP contribution in [0.5, 0.6) is 0 Å². The summed E-state index contributed by atoms with van der Waals surface area (Å²) in [6, 6.07) is 4.73. The Hall–Kier alpha value is -2.13. The molecule has 2 heterocycles. The Bertz CT molecular complexity index is 812. The number of amides is 2. The second kappa shape index (κ2) is 8.54. The van der Waals surface area contributed by atoms with Gasteiger partial charge in [-0.25, -0.2) is 9.18 Å². The molecule has 0 radical (unpaired) electrons. The highest BCUT2D eigenvalue weighted by Crippen LogP contribution is 2.37. The van der Waals surface area contributed by atoms with Gasteiger partial charge in [-0.05, 0) is 36.3 Å². The van der Waals surface area contributed by atoms with Crippen molar-refractivity contribution in [3.63, 3.8) is 0 Å². The first-order valence-electron chi connectivity index (χ1n) is 10.4. The van der Waals surface area contributed by atoms with Crippen molar-refractivity contribution in [3.05, 3.63) is 24.0 Å². The van der Waals surface area contributed by atoms with E-state index in [1.807, 2.05) is 4.90 Å². The number of carbonyl (C=O) groups excluding carboxylic acids is 2.